The van der Waals surface area contributed by atoms with Crippen LogP contribution < -0.4 is 10.2 Å². The summed E-state index contributed by atoms with van der Waals surface area (Å²) in [6.45, 7) is 6.66. The molecule has 140 valence electrons. The van der Waals surface area contributed by atoms with Gasteiger partial charge in [0.2, 0.25) is 5.13 Å². The zero-order chi connectivity index (χ0) is 18.4. The average Bonchev–Trinajstić information content (AvgIpc) is 3.15. The molecule has 1 fully saturated rings. The van der Waals surface area contributed by atoms with Crippen molar-refractivity contribution in [1.29, 1.82) is 0 Å². The normalized spacial score (nSPS) is 15.4. The quantitative estimate of drug-likeness (QED) is 0.626. The monoisotopic (exact) mass is 392 g/mol. The molecule has 8 heteroatoms. The predicted molar refractivity (Wildman–Crippen MR) is 110 cm³/mol. The molecule has 0 amide bonds. The molecule has 1 aliphatic rings. The zero-order valence-corrected chi connectivity index (χ0v) is 16.9. The van der Waals surface area contributed by atoms with Crippen molar-refractivity contribution in [2.75, 3.05) is 44.7 Å². The minimum atomic E-state index is 0.783. The van der Waals surface area contributed by atoms with Crippen molar-refractivity contribution in [2.24, 2.45) is 4.99 Å². The second-order valence-electron chi connectivity index (χ2n) is 6.17. The van der Waals surface area contributed by atoms with Crippen molar-refractivity contribution in [1.82, 2.24) is 19.6 Å². The van der Waals surface area contributed by atoms with E-state index in [0.29, 0.717) is 0 Å². The summed E-state index contributed by atoms with van der Waals surface area (Å²) >= 11 is 7.54. The lowest BCUT2D eigenvalue weighted by Crippen LogP contribution is -2.52. The molecule has 0 saturated carbocycles. The summed E-state index contributed by atoms with van der Waals surface area (Å²) in [6.07, 6.45) is 1.81. The third-order valence-electron chi connectivity index (χ3n) is 4.42. The van der Waals surface area contributed by atoms with Crippen molar-refractivity contribution in [2.45, 2.75) is 19.8 Å². The van der Waals surface area contributed by atoms with Crippen LogP contribution in [0, 0.1) is 0 Å². The highest BCUT2D eigenvalue weighted by Crippen LogP contribution is 2.19. The molecule has 3 rings (SSSR count). The number of hydrogen-bond donors (Lipinski definition) is 1. The van der Waals surface area contributed by atoms with Gasteiger partial charge in [-0.15, -0.1) is 0 Å². The molecular weight excluding hydrogens is 368 g/mol. The van der Waals surface area contributed by atoms with Crippen LogP contribution in [0.1, 0.15) is 18.3 Å². The molecule has 0 unspecified atom stereocenters. The maximum absolute atomic E-state index is 6.04. The number of guanidine groups is 1. The summed E-state index contributed by atoms with van der Waals surface area (Å²) in [7, 11) is 1.84. The minimum absolute atomic E-state index is 0.783. The van der Waals surface area contributed by atoms with Gasteiger partial charge in [0.15, 0.2) is 5.96 Å². The number of benzene rings is 1. The van der Waals surface area contributed by atoms with E-state index < -0.39 is 0 Å². The van der Waals surface area contributed by atoms with Gasteiger partial charge in [-0.1, -0.05) is 30.7 Å². The van der Waals surface area contributed by atoms with Gasteiger partial charge in [0.25, 0.3) is 0 Å². The number of piperazine rings is 1. The average molecular weight is 393 g/mol. The number of nitrogens with zero attached hydrogens (tertiary/aromatic N) is 5. The van der Waals surface area contributed by atoms with E-state index in [9.17, 15) is 0 Å². The summed E-state index contributed by atoms with van der Waals surface area (Å²) in [5.74, 6) is 1.89. The fourth-order valence-corrected chi connectivity index (χ4v) is 3.98. The van der Waals surface area contributed by atoms with E-state index in [1.165, 1.54) is 17.1 Å². The Labute approximate surface area is 164 Å². The van der Waals surface area contributed by atoms with Crippen LogP contribution >= 0.6 is 23.1 Å². The highest BCUT2D eigenvalue weighted by Gasteiger charge is 2.21. The van der Waals surface area contributed by atoms with Crippen LogP contribution in [0.25, 0.3) is 0 Å². The number of anilines is 1. The number of aliphatic imine (C=N–C) groups is 1. The molecule has 26 heavy (non-hydrogen) atoms. The highest BCUT2D eigenvalue weighted by molar-refractivity contribution is 7.09. The van der Waals surface area contributed by atoms with Gasteiger partial charge in [-0.05, 0) is 24.1 Å². The Bertz CT molecular complexity index is 739. The number of rotatable bonds is 5. The Morgan fingerprint density at radius 1 is 1.31 bits per heavy atom. The van der Waals surface area contributed by atoms with E-state index in [1.54, 1.807) is 0 Å². The first-order valence-corrected chi connectivity index (χ1v) is 10.1. The third-order valence-corrected chi connectivity index (χ3v) is 5.47. The number of hydrogen-bond acceptors (Lipinski definition) is 5. The molecule has 1 aromatic heterocycles. The topological polar surface area (TPSA) is 56.7 Å². The number of aryl methyl sites for hydroxylation is 1. The lowest BCUT2D eigenvalue weighted by Gasteiger charge is -2.36. The van der Waals surface area contributed by atoms with Crippen LogP contribution in [-0.2, 0) is 12.8 Å². The van der Waals surface area contributed by atoms with Crippen LogP contribution in [0.3, 0.4) is 0 Å². The van der Waals surface area contributed by atoms with Gasteiger partial charge in [-0.3, -0.25) is 4.99 Å². The van der Waals surface area contributed by atoms with Crippen LogP contribution in [0.4, 0.5) is 5.13 Å². The molecule has 1 N–H and O–H groups in total. The second kappa shape index (κ2) is 9.19. The summed E-state index contributed by atoms with van der Waals surface area (Å²) in [5.41, 5.74) is 1.23. The molecular formula is C18H25ClN6S. The van der Waals surface area contributed by atoms with Gasteiger partial charge in [0, 0.05) is 62.7 Å². The van der Waals surface area contributed by atoms with Gasteiger partial charge >= 0.3 is 0 Å². The Hall–Kier alpha value is -1.86. The van der Waals surface area contributed by atoms with Gasteiger partial charge in [-0.2, -0.15) is 4.37 Å². The van der Waals surface area contributed by atoms with E-state index in [1.807, 2.05) is 25.2 Å². The maximum Gasteiger partial charge on any atom is 0.205 e. The maximum atomic E-state index is 6.04. The molecule has 0 spiro atoms. The summed E-state index contributed by atoms with van der Waals surface area (Å²) in [4.78, 5) is 13.6. The van der Waals surface area contributed by atoms with E-state index in [4.69, 9.17) is 11.6 Å². The molecule has 6 nitrogen and oxygen atoms in total. The molecule has 1 aliphatic heterocycles. The third kappa shape index (κ3) is 4.86. The molecule has 2 aromatic rings. The van der Waals surface area contributed by atoms with Gasteiger partial charge in [0.05, 0.1) is 0 Å². The first kappa shape index (κ1) is 18.9. The first-order valence-electron chi connectivity index (χ1n) is 8.97. The predicted octanol–water partition coefficient (Wildman–Crippen LogP) is 2.69. The molecule has 1 aromatic carbocycles. The van der Waals surface area contributed by atoms with Crippen LogP contribution in [0.15, 0.2) is 29.3 Å². The van der Waals surface area contributed by atoms with Gasteiger partial charge in [-0.25, -0.2) is 4.98 Å². The van der Waals surface area contributed by atoms with Crippen LogP contribution in [0.2, 0.25) is 5.02 Å². The number of nitrogens with one attached hydrogen (secondary N) is 1. The highest BCUT2D eigenvalue weighted by atomic mass is 35.5. The molecule has 1 saturated heterocycles. The van der Waals surface area contributed by atoms with E-state index in [-0.39, 0.29) is 0 Å². The summed E-state index contributed by atoms with van der Waals surface area (Å²) < 4.78 is 4.39. The standard InChI is InChI=1S/C18H25ClN6S/c1-3-16-22-18(26-23-16)25-11-9-24(10-12-25)17(20-2)21-8-7-14-5-4-6-15(19)13-14/h4-6,13H,3,7-12H2,1-2H3,(H,20,21). The van der Waals surface area contributed by atoms with Gasteiger partial charge < -0.3 is 15.1 Å². The first-order chi connectivity index (χ1) is 12.7. The van der Waals surface area contributed by atoms with E-state index >= 15 is 0 Å². The van der Waals surface area contributed by atoms with E-state index in [2.05, 4.69) is 42.5 Å². The smallest absolute Gasteiger partial charge is 0.205 e. The Balaban J connectivity index is 1.47. The zero-order valence-electron chi connectivity index (χ0n) is 15.3. The van der Waals surface area contributed by atoms with Crippen molar-refractivity contribution >= 4 is 34.2 Å². The lowest BCUT2D eigenvalue weighted by atomic mass is 10.1. The molecule has 0 bridgehead atoms. The SMILES string of the molecule is CCc1nsc(N2CCN(C(=NC)NCCc3cccc(Cl)c3)CC2)n1. The van der Waals surface area contributed by atoms with Gasteiger partial charge in [0.1, 0.15) is 5.82 Å². The molecule has 0 radical (unpaired) electrons. The number of aromatic nitrogens is 2. The fourth-order valence-electron chi connectivity index (χ4n) is 2.97. The summed E-state index contributed by atoms with van der Waals surface area (Å²) in [6, 6.07) is 8.00. The van der Waals surface area contributed by atoms with Crippen LogP contribution in [-0.4, -0.2) is 60.0 Å². The van der Waals surface area contributed by atoms with Crippen molar-refractivity contribution in [3.63, 3.8) is 0 Å². The Kier molecular flexibility index (Phi) is 6.68. The number of halogens is 1. The largest absolute Gasteiger partial charge is 0.356 e. The second-order valence-corrected chi connectivity index (χ2v) is 7.34. The van der Waals surface area contributed by atoms with Crippen molar-refractivity contribution < 1.29 is 0 Å². The van der Waals surface area contributed by atoms with E-state index in [0.717, 1.165) is 67.5 Å². The molecule has 2 heterocycles. The molecule has 0 aliphatic carbocycles. The van der Waals surface area contributed by atoms with Crippen LogP contribution in [0.5, 0.6) is 0 Å². The Morgan fingerprint density at radius 2 is 2.12 bits per heavy atom. The van der Waals surface area contributed by atoms with Crippen molar-refractivity contribution in [3.05, 3.63) is 40.7 Å². The Morgan fingerprint density at radius 3 is 2.77 bits per heavy atom. The molecule has 0 atom stereocenters. The minimum Gasteiger partial charge on any atom is -0.356 e. The summed E-state index contributed by atoms with van der Waals surface area (Å²) in [5, 5.41) is 5.28. The lowest BCUT2D eigenvalue weighted by molar-refractivity contribution is 0.372. The fraction of sp³-hybridized carbons (Fsp3) is 0.500. The van der Waals surface area contributed by atoms with Crippen molar-refractivity contribution in [3.8, 4) is 0 Å².